The summed E-state index contributed by atoms with van der Waals surface area (Å²) >= 11 is 0. The number of anilines is 1. The minimum atomic E-state index is 0.140. The molecular weight excluding hydrogens is 222 g/mol. The van der Waals surface area contributed by atoms with Gasteiger partial charge in [0.15, 0.2) is 0 Å². The molecule has 0 radical (unpaired) electrons. The zero-order chi connectivity index (χ0) is 12.1. The third-order valence-electron chi connectivity index (χ3n) is 2.47. The Hall–Kier alpha value is -1.63. The molecule has 1 aromatic rings. The highest BCUT2D eigenvalue weighted by Crippen LogP contribution is 2.28. The highest BCUT2D eigenvalue weighted by atomic mass is 16.4. The molecule has 0 aliphatic heterocycles. The minimum Gasteiger partial charge on any atom is -0.408 e. The zero-order valence-electron chi connectivity index (χ0n) is 9.61. The van der Waals surface area contributed by atoms with Crippen LogP contribution in [0.25, 0.3) is 0 Å². The van der Waals surface area contributed by atoms with Gasteiger partial charge in [-0.2, -0.15) is 0 Å². The van der Waals surface area contributed by atoms with Gasteiger partial charge >= 0.3 is 6.01 Å². The summed E-state index contributed by atoms with van der Waals surface area (Å²) in [6.07, 6.45) is 2.61. The Labute approximate surface area is 99.1 Å². The zero-order valence-corrected chi connectivity index (χ0v) is 9.61. The topological polar surface area (TPSA) is 106 Å². The Kier molecular flexibility index (Phi) is 3.92. The van der Waals surface area contributed by atoms with Crippen LogP contribution in [-0.4, -0.2) is 35.7 Å². The lowest BCUT2D eigenvalue weighted by Crippen LogP contribution is -2.29. The fraction of sp³-hybridized carbons (Fsp3) is 0.700. The number of amides is 1. The van der Waals surface area contributed by atoms with E-state index < -0.39 is 0 Å². The van der Waals surface area contributed by atoms with Crippen LogP contribution in [0.4, 0.5) is 6.01 Å². The van der Waals surface area contributed by atoms with E-state index in [0.717, 1.165) is 12.8 Å². The average Bonchev–Trinajstić information content (AvgIpc) is 3.08. The van der Waals surface area contributed by atoms with Crippen molar-refractivity contribution in [2.75, 3.05) is 25.0 Å². The smallest absolute Gasteiger partial charge is 0.315 e. The Morgan fingerprint density at radius 1 is 1.41 bits per heavy atom. The van der Waals surface area contributed by atoms with Crippen molar-refractivity contribution in [2.24, 2.45) is 11.7 Å². The van der Waals surface area contributed by atoms with Crippen molar-refractivity contribution in [3.63, 3.8) is 0 Å². The van der Waals surface area contributed by atoms with Gasteiger partial charge in [0.05, 0.1) is 0 Å². The van der Waals surface area contributed by atoms with Crippen LogP contribution >= 0.6 is 0 Å². The van der Waals surface area contributed by atoms with Crippen LogP contribution < -0.4 is 16.4 Å². The first-order valence-corrected chi connectivity index (χ1v) is 5.83. The highest BCUT2D eigenvalue weighted by Gasteiger charge is 2.28. The standard InChI is InChI=1S/C10H17N5O2/c11-4-3-8-14-15-10(17-8)13-6-5-12-9(16)7-1-2-7/h7H,1-6,11H2,(H,12,16)(H,13,15). The van der Waals surface area contributed by atoms with E-state index in [-0.39, 0.29) is 11.8 Å². The molecule has 1 heterocycles. The van der Waals surface area contributed by atoms with Crippen LogP contribution in [0, 0.1) is 5.92 Å². The van der Waals surface area contributed by atoms with E-state index in [4.69, 9.17) is 10.2 Å². The van der Waals surface area contributed by atoms with Gasteiger partial charge in [0.2, 0.25) is 11.8 Å². The van der Waals surface area contributed by atoms with Gasteiger partial charge in [-0.1, -0.05) is 5.10 Å². The molecule has 7 heteroatoms. The molecule has 0 unspecified atom stereocenters. The number of nitrogens with one attached hydrogen (secondary N) is 2. The molecule has 0 atom stereocenters. The number of aromatic nitrogens is 2. The molecule has 1 fully saturated rings. The lowest BCUT2D eigenvalue weighted by Gasteiger charge is -2.03. The van der Waals surface area contributed by atoms with Gasteiger partial charge in [-0.25, -0.2) is 0 Å². The number of carbonyl (C=O) groups is 1. The summed E-state index contributed by atoms with van der Waals surface area (Å²) in [6, 6.07) is 0.370. The first kappa shape index (κ1) is 11.8. The summed E-state index contributed by atoms with van der Waals surface area (Å²) in [5.41, 5.74) is 5.36. The predicted molar refractivity (Wildman–Crippen MR) is 61.3 cm³/mol. The summed E-state index contributed by atoms with van der Waals surface area (Å²) in [4.78, 5) is 11.3. The van der Waals surface area contributed by atoms with Crippen LogP contribution in [0.5, 0.6) is 0 Å². The molecule has 1 amide bonds. The quantitative estimate of drug-likeness (QED) is 0.554. The highest BCUT2D eigenvalue weighted by molar-refractivity contribution is 5.80. The van der Waals surface area contributed by atoms with E-state index in [1.54, 1.807) is 0 Å². The number of hydrogen-bond donors (Lipinski definition) is 3. The van der Waals surface area contributed by atoms with Gasteiger partial charge in [0.25, 0.3) is 0 Å². The number of hydrogen-bond acceptors (Lipinski definition) is 6. The second-order valence-corrected chi connectivity index (χ2v) is 4.03. The van der Waals surface area contributed by atoms with Gasteiger partial charge in [-0.3, -0.25) is 4.79 Å². The van der Waals surface area contributed by atoms with Crippen LogP contribution in [-0.2, 0) is 11.2 Å². The second kappa shape index (κ2) is 5.62. The Morgan fingerprint density at radius 3 is 2.94 bits per heavy atom. The van der Waals surface area contributed by atoms with Gasteiger partial charge in [-0.05, 0) is 12.8 Å². The molecule has 0 aromatic carbocycles. The van der Waals surface area contributed by atoms with Crippen molar-refractivity contribution in [3.8, 4) is 0 Å². The monoisotopic (exact) mass is 239 g/mol. The maximum Gasteiger partial charge on any atom is 0.315 e. The molecule has 0 spiro atoms. The van der Waals surface area contributed by atoms with Gasteiger partial charge in [0.1, 0.15) is 0 Å². The molecule has 17 heavy (non-hydrogen) atoms. The first-order valence-electron chi connectivity index (χ1n) is 5.83. The van der Waals surface area contributed by atoms with Crippen molar-refractivity contribution in [2.45, 2.75) is 19.3 Å². The first-order chi connectivity index (χ1) is 8.29. The minimum absolute atomic E-state index is 0.140. The number of nitrogens with two attached hydrogens (primary N) is 1. The van der Waals surface area contributed by atoms with Gasteiger partial charge in [0, 0.05) is 32.0 Å². The maximum absolute atomic E-state index is 11.3. The Morgan fingerprint density at radius 2 is 2.24 bits per heavy atom. The maximum atomic E-state index is 11.3. The van der Waals surface area contributed by atoms with E-state index in [0.29, 0.717) is 38.0 Å². The fourth-order valence-electron chi connectivity index (χ4n) is 1.39. The average molecular weight is 239 g/mol. The summed E-state index contributed by atoms with van der Waals surface area (Å²) in [7, 11) is 0. The normalized spacial score (nSPS) is 14.6. The predicted octanol–water partition coefficient (Wildman–Crippen LogP) is -0.491. The summed E-state index contributed by atoms with van der Waals surface area (Å²) < 4.78 is 5.26. The van der Waals surface area contributed by atoms with Crippen LogP contribution in [0.3, 0.4) is 0 Å². The molecular formula is C10H17N5O2. The third-order valence-corrected chi connectivity index (χ3v) is 2.47. The van der Waals surface area contributed by atoms with Crippen molar-refractivity contribution >= 4 is 11.9 Å². The third kappa shape index (κ3) is 3.70. The molecule has 1 saturated carbocycles. The molecule has 1 aromatic heterocycles. The molecule has 0 saturated heterocycles. The number of rotatable bonds is 7. The lowest BCUT2D eigenvalue weighted by atomic mass is 10.4. The SMILES string of the molecule is NCCc1nnc(NCCNC(=O)C2CC2)o1. The van der Waals surface area contributed by atoms with Crippen LogP contribution in [0.2, 0.25) is 0 Å². The van der Waals surface area contributed by atoms with E-state index >= 15 is 0 Å². The second-order valence-electron chi connectivity index (χ2n) is 4.03. The van der Waals surface area contributed by atoms with Crippen LogP contribution in [0.1, 0.15) is 18.7 Å². The van der Waals surface area contributed by atoms with Crippen LogP contribution in [0.15, 0.2) is 4.42 Å². The molecule has 94 valence electrons. The van der Waals surface area contributed by atoms with Crippen molar-refractivity contribution < 1.29 is 9.21 Å². The number of carbonyl (C=O) groups excluding carboxylic acids is 1. The van der Waals surface area contributed by atoms with Crippen molar-refractivity contribution in [1.29, 1.82) is 0 Å². The molecule has 7 nitrogen and oxygen atoms in total. The largest absolute Gasteiger partial charge is 0.408 e. The van der Waals surface area contributed by atoms with E-state index in [9.17, 15) is 4.79 Å². The molecule has 4 N–H and O–H groups in total. The molecule has 0 bridgehead atoms. The molecule has 1 aliphatic carbocycles. The van der Waals surface area contributed by atoms with E-state index in [2.05, 4.69) is 20.8 Å². The Bertz CT molecular complexity index is 375. The fourth-order valence-corrected chi connectivity index (χ4v) is 1.39. The summed E-state index contributed by atoms with van der Waals surface area (Å²) in [6.45, 7) is 1.62. The van der Waals surface area contributed by atoms with Gasteiger partial charge < -0.3 is 20.8 Å². The van der Waals surface area contributed by atoms with Crippen molar-refractivity contribution in [3.05, 3.63) is 5.89 Å². The Balaban J connectivity index is 1.61. The number of nitrogens with zero attached hydrogens (tertiary/aromatic N) is 2. The molecule has 2 rings (SSSR count). The molecule has 1 aliphatic rings. The summed E-state index contributed by atoms with van der Waals surface area (Å²) in [5.74, 6) is 0.910. The van der Waals surface area contributed by atoms with Crippen molar-refractivity contribution in [1.82, 2.24) is 15.5 Å². The van der Waals surface area contributed by atoms with E-state index in [1.165, 1.54) is 0 Å². The van der Waals surface area contributed by atoms with Gasteiger partial charge in [-0.15, -0.1) is 5.10 Å². The summed E-state index contributed by atoms with van der Waals surface area (Å²) in [5, 5.41) is 13.4. The lowest BCUT2D eigenvalue weighted by molar-refractivity contribution is -0.122. The van der Waals surface area contributed by atoms with E-state index in [1.807, 2.05) is 0 Å².